The molecule has 2 atom stereocenters. The molecule has 1 aliphatic rings. The van der Waals surface area contributed by atoms with Gasteiger partial charge >= 0.3 is 0 Å². The molecular formula is C14H21NO. The molecule has 0 spiro atoms. The summed E-state index contributed by atoms with van der Waals surface area (Å²) in [5, 5.41) is 0. The summed E-state index contributed by atoms with van der Waals surface area (Å²) in [5.41, 5.74) is 8.51. The van der Waals surface area contributed by atoms with E-state index >= 15 is 0 Å². The van der Waals surface area contributed by atoms with E-state index in [-0.39, 0.29) is 0 Å². The van der Waals surface area contributed by atoms with Crippen LogP contribution < -0.4 is 5.73 Å². The number of hydrogen-bond donors (Lipinski definition) is 1. The second kappa shape index (κ2) is 5.46. The molecule has 2 nitrogen and oxygen atoms in total. The zero-order valence-electron chi connectivity index (χ0n) is 9.99. The Kier molecular flexibility index (Phi) is 3.97. The third-order valence-electron chi connectivity index (χ3n) is 3.29. The number of benzene rings is 1. The molecule has 0 saturated heterocycles. The molecule has 0 aliphatic heterocycles. The Morgan fingerprint density at radius 1 is 1.25 bits per heavy atom. The summed E-state index contributed by atoms with van der Waals surface area (Å²) in [6, 6.07) is 9.03. The molecule has 88 valence electrons. The van der Waals surface area contributed by atoms with Crippen LogP contribution in [0.2, 0.25) is 0 Å². The van der Waals surface area contributed by atoms with E-state index in [9.17, 15) is 0 Å². The summed E-state index contributed by atoms with van der Waals surface area (Å²) >= 11 is 0. The maximum absolute atomic E-state index is 5.84. The molecule has 0 heterocycles. The van der Waals surface area contributed by atoms with E-state index in [0.717, 1.165) is 32.3 Å². The van der Waals surface area contributed by atoms with E-state index in [4.69, 9.17) is 10.5 Å². The summed E-state index contributed by atoms with van der Waals surface area (Å²) in [6.07, 6.45) is 4.70. The summed E-state index contributed by atoms with van der Waals surface area (Å²) in [7, 11) is 0. The van der Waals surface area contributed by atoms with Gasteiger partial charge in [-0.2, -0.15) is 0 Å². The average molecular weight is 219 g/mol. The van der Waals surface area contributed by atoms with Gasteiger partial charge in [0, 0.05) is 6.04 Å². The fraction of sp³-hybridized carbons (Fsp3) is 0.571. The number of nitrogens with two attached hydrogens (primary N) is 1. The van der Waals surface area contributed by atoms with Crippen LogP contribution in [0.5, 0.6) is 0 Å². The van der Waals surface area contributed by atoms with E-state index < -0.39 is 0 Å². The van der Waals surface area contributed by atoms with Gasteiger partial charge in [0.2, 0.25) is 0 Å². The molecular weight excluding hydrogens is 198 g/mol. The van der Waals surface area contributed by atoms with E-state index in [1.807, 2.05) is 0 Å². The average Bonchev–Trinajstić information content (AvgIpc) is 2.67. The van der Waals surface area contributed by atoms with E-state index in [1.54, 1.807) is 0 Å². The molecule has 2 unspecified atom stereocenters. The monoisotopic (exact) mass is 219 g/mol. The van der Waals surface area contributed by atoms with Gasteiger partial charge in [0.1, 0.15) is 0 Å². The van der Waals surface area contributed by atoms with Crippen LogP contribution in [0.3, 0.4) is 0 Å². The van der Waals surface area contributed by atoms with Gasteiger partial charge in [-0.1, -0.05) is 29.8 Å². The lowest BCUT2D eigenvalue weighted by Crippen LogP contribution is -2.18. The van der Waals surface area contributed by atoms with Gasteiger partial charge < -0.3 is 10.5 Å². The molecule has 2 heteroatoms. The van der Waals surface area contributed by atoms with Crippen molar-refractivity contribution in [3.8, 4) is 0 Å². The third-order valence-corrected chi connectivity index (χ3v) is 3.29. The van der Waals surface area contributed by atoms with Crippen molar-refractivity contribution in [2.75, 3.05) is 6.61 Å². The van der Waals surface area contributed by atoms with Crippen LogP contribution in [0.15, 0.2) is 24.3 Å². The molecule has 1 saturated carbocycles. The molecule has 2 N–H and O–H groups in total. The lowest BCUT2D eigenvalue weighted by atomic mass is 10.1. The third kappa shape index (κ3) is 3.32. The van der Waals surface area contributed by atoms with Crippen molar-refractivity contribution < 1.29 is 4.74 Å². The van der Waals surface area contributed by atoms with Crippen molar-refractivity contribution in [1.82, 2.24) is 0 Å². The van der Waals surface area contributed by atoms with Crippen molar-refractivity contribution >= 4 is 0 Å². The minimum absolute atomic E-state index is 0.365. The Hall–Kier alpha value is -0.860. The maximum Gasteiger partial charge on any atom is 0.0590 e. The first-order valence-electron chi connectivity index (χ1n) is 6.17. The fourth-order valence-electron chi connectivity index (χ4n) is 2.22. The van der Waals surface area contributed by atoms with Gasteiger partial charge in [0.05, 0.1) is 12.7 Å². The molecule has 1 aromatic rings. The van der Waals surface area contributed by atoms with Crippen LogP contribution in [-0.2, 0) is 11.2 Å². The highest BCUT2D eigenvalue weighted by molar-refractivity contribution is 5.21. The first-order chi connectivity index (χ1) is 7.74. The summed E-state index contributed by atoms with van der Waals surface area (Å²) < 4.78 is 5.83. The maximum atomic E-state index is 5.84. The number of aryl methyl sites for hydroxylation is 1. The highest BCUT2D eigenvalue weighted by atomic mass is 16.5. The lowest BCUT2D eigenvalue weighted by molar-refractivity contribution is 0.0598. The van der Waals surface area contributed by atoms with E-state index in [1.165, 1.54) is 11.1 Å². The van der Waals surface area contributed by atoms with Gasteiger partial charge in [-0.3, -0.25) is 0 Å². The van der Waals surface area contributed by atoms with Crippen LogP contribution in [0.4, 0.5) is 0 Å². The topological polar surface area (TPSA) is 35.2 Å². The second-order valence-electron chi connectivity index (χ2n) is 4.80. The zero-order valence-corrected chi connectivity index (χ0v) is 9.99. The van der Waals surface area contributed by atoms with Crippen molar-refractivity contribution in [2.24, 2.45) is 5.73 Å². The molecule has 0 bridgehead atoms. The first-order valence-corrected chi connectivity index (χ1v) is 6.17. The zero-order chi connectivity index (χ0) is 11.4. The molecule has 1 aliphatic carbocycles. The SMILES string of the molecule is Cc1ccc(CCOC2CCC(N)C2)cc1. The summed E-state index contributed by atoms with van der Waals surface area (Å²) in [6.45, 7) is 2.93. The second-order valence-corrected chi connectivity index (χ2v) is 4.80. The highest BCUT2D eigenvalue weighted by Crippen LogP contribution is 2.20. The normalized spacial score (nSPS) is 24.9. The Balaban J connectivity index is 1.70. The van der Waals surface area contributed by atoms with Crippen LogP contribution in [-0.4, -0.2) is 18.8 Å². The molecule has 2 rings (SSSR count). The summed E-state index contributed by atoms with van der Waals surface area (Å²) in [5.74, 6) is 0. The smallest absolute Gasteiger partial charge is 0.0590 e. The molecule has 0 amide bonds. The number of hydrogen-bond acceptors (Lipinski definition) is 2. The minimum atomic E-state index is 0.365. The summed E-state index contributed by atoms with van der Waals surface area (Å²) in [4.78, 5) is 0. The van der Waals surface area contributed by atoms with Gasteiger partial charge in [0.15, 0.2) is 0 Å². The quantitative estimate of drug-likeness (QED) is 0.844. The Labute approximate surface area is 97.8 Å². The van der Waals surface area contributed by atoms with E-state index in [0.29, 0.717) is 12.1 Å². The van der Waals surface area contributed by atoms with Gasteiger partial charge in [-0.15, -0.1) is 0 Å². The van der Waals surface area contributed by atoms with Crippen LogP contribution in [0.25, 0.3) is 0 Å². The first kappa shape index (κ1) is 11.6. The van der Waals surface area contributed by atoms with Crippen molar-refractivity contribution in [3.05, 3.63) is 35.4 Å². The van der Waals surface area contributed by atoms with Gasteiger partial charge in [-0.05, 0) is 38.2 Å². The van der Waals surface area contributed by atoms with Crippen molar-refractivity contribution in [3.63, 3.8) is 0 Å². The number of ether oxygens (including phenoxy) is 1. The largest absolute Gasteiger partial charge is 0.378 e. The Morgan fingerprint density at radius 3 is 2.62 bits per heavy atom. The fourth-order valence-corrected chi connectivity index (χ4v) is 2.22. The minimum Gasteiger partial charge on any atom is -0.378 e. The molecule has 16 heavy (non-hydrogen) atoms. The molecule has 1 aromatic carbocycles. The lowest BCUT2D eigenvalue weighted by Gasteiger charge is -2.11. The van der Waals surface area contributed by atoms with Gasteiger partial charge in [0.25, 0.3) is 0 Å². The Morgan fingerprint density at radius 2 is 2.00 bits per heavy atom. The van der Waals surface area contributed by atoms with Crippen LogP contribution in [0, 0.1) is 6.92 Å². The van der Waals surface area contributed by atoms with Gasteiger partial charge in [-0.25, -0.2) is 0 Å². The van der Waals surface area contributed by atoms with Crippen LogP contribution >= 0.6 is 0 Å². The van der Waals surface area contributed by atoms with Crippen molar-refractivity contribution in [2.45, 2.75) is 44.8 Å². The van der Waals surface area contributed by atoms with E-state index in [2.05, 4.69) is 31.2 Å². The molecule has 1 fully saturated rings. The predicted octanol–water partition coefficient (Wildman–Crippen LogP) is 2.43. The predicted molar refractivity (Wildman–Crippen MR) is 66.4 cm³/mol. The molecule has 0 radical (unpaired) electrons. The number of rotatable bonds is 4. The highest BCUT2D eigenvalue weighted by Gasteiger charge is 2.21. The Bertz CT molecular complexity index is 320. The molecule has 0 aromatic heterocycles. The van der Waals surface area contributed by atoms with Crippen molar-refractivity contribution in [1.29, 1.82) is 0 Å². The van der Waals surface area contributed by atoms with Crippen LogP contribution in [0.1, 0.15) is 30.4 Å². The standard InChI is InChI=1S/C14H21NO/c1-11-2-4-12(5-3-11)8-9-16-14-7-6-13(15)10-14/h2-5,13-14H,6-10,15H2,1H3.